The second-order valence-corrected chi connectivity index (χ2v) is 4.54. The number of aromatic nitrogens is 4. The van der Waals surface area contributed by atoms with Gasteiger partial charge >= 0.3 is 0 Å². The molecule has 0 N–H and O–H groups in total. The highest BCUT2D eigenvalue weighted by Gasteiger charge is 2.14. The van der Waals surface area contributed by atoms with Crippen LogP contribution >= 0.6 is 11.6 Å². The van der Waals surface area contributed by atoms with Gasteiger partial charge in [0.25, 0.3) is 0 Å². The summed E-state index contributed by atoms with van der Waals surface area (Å²) in [7, 11) is 0. The maximum Gasteiger partial charge on any atom is 0.165 e. The predicted octanol–water partition coefficient (Wildman–Crippen LogP) is 3.06. The van der Waals surface area contributed by atoms with E-state index in [-0.39, 0.29) is 0 Å². The summed E-state index contributed by atoms with van der Waals surface area (Å²) in [6, 6.07) is 5.70. The highest BCUT2D eigenvalue weighted by atomic mass is 35.5. The van der Waals surface area contributed by atoms with Crippen molar-refractivity contribution in [2.75, 3.05) is 0 Å². The van der Waals surface area contributed by atoms with Crippen molar-refractivity contribution >= 4 is 17.2 Å². The minimum atomic E-state index is 0.570. The molecule has 0 radical (unpaired) electrons. The topological polar surface area (TPSA) is 43.1 Å². The second-order valence-electron chi connectivity index (χ2n) is 4.15. The largest absolute Gasteiger partial charge is 0.265 e. The zero-order valence-electron chi connectivity index (χ0n) is 10.1. The third kappa shape index (κ3) is 1.66. The van der Waals surface area contributed by atoms with Crippen LogP contribution in [-0.2, 0) is 0 Å². The molecule has 0 aliphatic carbocycles. The van der Waals surface area contributed by atoms with Gasteiger partial charge < -0.3 is 0 Å². The van der Waals surface area contributed by atoms with Crippen LogP contribution in [-0.4, -0.2) is 19.6 Å². The number of fused-ring (bicyclic) bond motifs is 1. The van der Waals surface area contributed by atoms with Crippen molar-refractivity contribution in [2.45, 2.75) is 13.8 Å². The number of hydrogen-bond donors (Lipinski definition) is 0. The normalized spacial score (nSPS) is 11.1. The minimum absolute atomic E-state index is 0.570. The Hall–Kier alpha value is -1.94. The van der Waals surface area contributed by atoms with Gasteiger partial charge in [-0.1, -0.05) is 11.6 Å². The summed E-state index contributed by atoms with van der Waals surface area (Å²) in [5.41, 5.74) is 4.61. The monoisotopic (exact) mass is 258 g/mol. The van der Waals surface area contributed by atoms with Gasteiger partial charge in [0.1, 0.15) is 5.15 Å². The first-order valence-electron chi connectivity index (χ1n) is 5.59. The molecule has 18 heavy (non-hydrogen) atoms. The third-order valence-corrected chi connectivity index (χ3v) is 3.09. The third-order valence-electron chi connectivity index (χ3n) is 2.82. The van der Waals surface area contributed by atoms with Crippen molar-refractivity contribution in [1.29, 1.82) is 0 Å². The molecule has 0 saturated carbocycles. The van der Waals surface area contributed by atoms with Crippen molar-refractivity contribution in [3.63, 3.8) is 0 Å². The van der Waals surface area contributed by atoms with Crippen molar-refractivity contribution in [1.82, 2.24) is 19.6 Å². The highest BCUT2D eigenvalue weighted by molar-refractivity contribution is 6.29. The van der Waals surface area contributed by atoms with E-state index in [1.165, 1.54) is 0 Å². The summed E-state index contributed by atoms with van der Waals surface area (Å²) < 4.78 is 1.67. The van der Waals surface area contributed by atoms with Gasteiger partial charge in [-0.15, -0.1) is 0 Å². The number of aryl methyl sites for hydroxylation is 2. The van der Waals surface area contributed by atoms with Crippen LogP contribution < -0.4 is 0 Å². The van der Waals surface area contributed by atoms with E-state index < -0.39 is 0 Å². The molecule has 0 spiro atoms. The molecule has 0 amide bonds. The Labute approximate surface area is 109 Å². The van der Waals surface area contributed by atoms with E-state index in [1.54, 1.807) is 23.0 Å². The fourth-order valence-corrected chi connectivity index (χ4v) is 2.33. The molecular weight excluding hydrogens is 248 g/mol. The van der Waals surface area contributed by atoms with E-state index in [2.05, 4.69) is 15.1 Å². The average molecular weight is 259 g/mol. The predicted molar refractivity (Wildman–Crippen MR) is 70.7 cm³/mol. The molecule has 0 saturated heterocycles. The molecule has 0 aliphatic rings. The van der Waals surface area contributed by atoms with Crippen LogP contribution in [0.15, 0.2) is 30.6 Å². The molecule has 5 heteroatoms. The SMILES string of the molecule is Cc1cc(Cl)n2nc(C)c(-c3ccncc3)c2n1. The molecule has 3 heterocycles. The number of pyridine rings is 1. The lowest BCUT2D eigenvalue weighted by atomic mass is 10.1. The Morgan fingerprint density at radius 3 is 2.61 bits per heavy atom. The summed E-state index contributed by atoms with van der Waals surface area (Å²) in [6.07, 6.45) is 3.52. The minimum Gasteiger partial charge on any atom is -0.265 e. The summed E-state index contributed by atoms with van der Waals surface area (Å²) >= 11 is 6.18. The van der Waals surface area contributed by atoms with Gasteiger partial charge in [0, 0.05) is 23.7 Å². The van der Waals surface area contributed by atoms with Crippen molar-refractivity contribution in [3.8, 4) is 11.1 Å². The van der Waals surface area contributed by atoms with E-state index in [0.717, 1.165) is 28.2 Å². The smallest absolute Gasteiger partial charge is 0.165 e. The lowest BCUT2D eigenvalue weighted by molar-refractivity contribution is 0.910. The molecule has 0 aliphatic heterocycles. The van der Waals surface area contributed by atoms with Crippen molar-refractivity contribution in [2.24, 2.45) is 0 Å². The highest BCUT2D eigenvalue weighted by Crippen LogP contribution is 2.28. The summed E-state index contributed by atoms with van der Waals surface area (Å²) in [4.78, 5) is 8.56. The van der Waals surface area contributed by atoms with E-state index >= 15 is 0 Å². The quantitative estimate of drug-likeness (QED) is 0.630. The zero-order valence-corrected chi connectivity index (χ0v) is 10.8. The van der Waals surface area contributed by atoms with Crippen LogP contribution in [0.2, 0.25) is 5.15 Å². The maximum atomic E-state index is 6.18. The van der Waals surface area contributed by atoms with Crippen LogP contribution in [0.5, 0.6) is 0 Å². The molecule has 0 fully saturated rings. The Balaban J connectivity index is 2.39. The molecule has 3 aromatic heterocycles. The summed E-state index contributed by atoms with van der Waals surface area (Å²) in [5, 5.41) is 5.00. The van der Waals surface area contributed by atoms with Gasteiger partial charge in [0.15, 0.2) is 5.65 Å². The van der Waals surface area contributed by atoms with Gasteiger partial charge in [-0.25, -0.2) is 9.50 Å². The van der Waals surface area contributed by atoms with E-state index in [0.29, 0.717) is 5.15 Å². The molecule has 90 valence electrons. The molecule has 0 aromatic carbocycles. The number of halogens is 1. The Morgan fingerprint density at radius 1 is 1.17 bits per heavy atom. The lowest BCUT2D eigenvalue weighted by Gasteiger charge is -2.01. The molecule has 4 nitrogen and oxygen atoms in total. The van der Waals surface area contributed by atoms with E-state index in [4.69, 9.17) is 11.6 Å². The lowest BCUT2D eigenvalue weighted by Crippen LogP contribution is -1.94. The van der Waals surface area contributed by atoms with Crippen LogP contribution in [0.1, 0.15) is 11.4 Å². The fraction of sp³-hybridized carbons (Fsp3) is 0.154. The van der Waals surface area contributed by atoms with Crippen molar-refractivity contribution < 1.29 is 0 Å². The number of rotatable bonds is 1. The standard InChI is InChI=1S/C13H11ClN4/c1-8-7-11(14)18-13(16-8)12(9(2)17-18)10-3-5-15-6-4-10/h3-7H,1-2H3. The van der Waals surface area contributed by atoms with Crippen LogP contribution in [0, 0.1) is 13.8 Å². The first kappa shape index (κ1) is 11.2. The second kappa shape index (κ2) is 4.07. The van der Waals surface area contributed by atoms with Crippen LogP contribution in [0.4, 0.5) is 0 Å². The number of hydrogen-bond acceptors (Lipinski definition) is 3. The fourth-order valence-electron chi connectivity index (χ4n) is 2.06. The Kier molecular flexibility index (Phi) is 2.52. The van der Waals surface area contributed by atoms with Crippen LogP contribution in [0.25, 0.3) is 16.8 Å². The van der Waals surface area contributed by atoms with Gasteiger partial charge in [0.2, 0.25) is 0 Å². The zero-order chi connectivity index (χ0) is 12.7. The summed E-state index contributed by atoms with van der Waals surface area (Å²) in [6.45, 7) is 3.88. The van der Waals surface area contributed by atoms with E-state index in [1.807, 2.05) is 26.0 Å². The molecular formula is C13H11ClN4. The van der Waals surface area contributed by atoms with E-state index in [9.17, 15) is 0 Å². The Bertz CT molecular complexity index is 719. The van der Waals surface area contributed by atoms with Gasteiger partial charge in [-0.2, -0.15) is 5.10 Å². The summed E-state index contributed by atoms with van der Waals surface area (Å²) in [5.74, 6) is 0. The molecule has 3 rings (SSSR count). The maximum absolute atomic E-state index is 6.18. The first-order chi connectivity index (χ1) is 8.66. The van der Waals surface area contributed by atoms with Crippen molar-refractivity contribution in [3.05, 3.63) is 47.1 Å². The number of nitrogens with zero attached hydrogens (tertiary/aromatic N) is 4. The van der Waals surface area contributed by atoms with Gasteiger partial charge in [-0.05, 0) is 37.6 Å². The van der Waals surface area contributed by atoms with Gasteiger partial charge in [0.05, 0.1) is 5.69 Å². The van der Waals surface area contributed by atoms with Crippen LogP contribution in [0.3, 0.4) is 0 Å². The Morgan fingerprint density at radius 2 is 1.89 bits per heavy atom. The molecule has 0 atom stereocenters. The van der Waals surface area contributed by atoms with Gasteiger partial charge in [-0.3, -0.25) is 4.98 Å². The first-order valence-corrected chi connectivity index (χ1v) is 5.97. The molecule has 3 aromatic rings. The molecule has 0 unspecified atom stereocenters. The molecule has 0 bridgehead atoms. The average Bonchev–Trinajstić information content (AvgIpc) is 2.67.